The van der Waals surface area contributed by atoms with E-state index >= 15 is 0 Å². The molecule has 27 heavy (non-hydrogen) atoms. The second-order valence-corrected chi connectivity index (χ2v) is 6.90. The fourth-order valence-electron chi connectivity index (χ4n) is 3.75. The zero-order valence-electron chi connectivity index (χ0n) is 14.7. The second kappa shape index (κ2) is 6.19. The largest absolute Gasteiger partial charge is 0.325 e. The number of nitrogens with zero attached hydrogens (tertiary/aromatic N) is 1. The van der Waals surface area contributed by atoms with Gasteiger partial charge in [-0.05, 0) is 48.6 Å². The molecule has 1 aliphatic carbocycles. The molecule has 0 radical (unpaired) electrons. The van der Waals surface area contributed by atoms with Crippen molar-refractivity contribution in [2.24, 2.45) is 0 Å². The third kappa shape index (κ3) is 2.75. The first kappa shape index (κ1) is 17.2. The van der Waals surface area contributed by atoms with Gasteiger partial charge in [0.05, 0.1) is 0 Å². The average molecular weight is 367 g/mol. The predicted molar refractivity (Wildman–Crippen MR) is 96.5 cm³/mol. The van der Waals surface area contributed by atoms with Gasteiger partial charge in [0, 0.05) is 5.69 Å². The van der Waals surface area contributed by atoms with Gasteiger partial charge >= 0.3 is 6.03 Å². The van der Waals surface area contributed by atoms with Crippen molar-refractivity contribution in [3.63, 3.8) is 0 Å². The first-order valence-electron chi connectivity index (χ1n) is 8.69. The maximum atomic E-state index is 13.6. The van der Waals surface area contributed by atoms with Gasteiger partial charge in [-0.1, -0.05) is 30.3 Å². The summed E-state index contributed by atoms with van der Waals surface area (Å²) in [5.41, 5.74) is 1.45. The monoisotopic (exact) mass is 367 g/mol. The maximum absolute atomic E-state index is 13.6. The van der Waals surface area contributed by atoms with E-state index in [2.05, 4.69) is 10.6 Å². The summed E-state index contributed by atoms with van der Waals surface area (Å²) < 4.78 is 13.6. The van der Waals surface area contributed by atoms with Crippen molar-refractivity contribution in [3.05, 3.63) is 65.0 Å². The zero-order valence-corrected chi connectivity index (χ0v) is 14.7. The minimum Gasteiger partial charge on any atom is -0.324 e. The Balaban J connectivity index is 1.52. The zero-order chi connectivity index (χ0) is 19.2. The lowest BCUT2D eigenvalue weighted by atomic mass is 9.92. The van der Waals surface area contributed by atoms with Crippen LogP contribution in [0.3, 0.4) is 0 Å². The van der Waals surface area contributed by atoms with Crippen LogP contribution in [0, 0.1) is 12.7 Å². The van der Waals surface area contributed by atoms with E-state index in [0.717, 1.165) is 16.0 Å². The van der Waals surface area contributed by atoms with Crippen molar-refractivity contribution >= 4 is 23.5 Å². The number of rotatable bonds is 3. The first-order chi connectivity index (χ1) is 12.9. The van der Waals surface area contributed by atoms with Gasteiger partial charge in [0.15, 0.2) is 0 Å². The molecule has 2 N–H and O–H groups in total. The molecule has 138 valence electrons. The van der Waals surface area contributed by atoms with Gasteiger partial charge in [-0.25, -0.2) is 9.18 Å². The molecule has 2 aliphatic rings. The lowest BCUT2D eigenvalue weighted by Gasteiger charge is -2.22. The molecule has 1 saturated heterocycles. The summed E-state index contributed by atoms with van der Waals surface area (Å²) in [6.07, 6.45) is 1.16. The van der Waals surface area contributed by atoms with Crippen LogP contribution in [0.2, 0.25) is 0 Å². The fourth-order valence-corrected chi connectivity index (χ4v) is 3.75. The van der Waals surface area contributed by atoms with Crippen molar-refractivity contribution in [1.29, 1.82) is 0 Å². The van der Waals surface area contributed by atoms with Gasteiger partial charge in [-0.2, -0.15) is 0 Å². The molecule has 7 heteroatoms. The van der Waals surface area contributed by atoms with Crippen molar-refractivity contribution in [3.8, 4) is 0 Å². The molecular weight excluding hydrogens is 349 g/mol. The van der Waals surface area contributed by atoms with Crippen LogP contribution in [0.5, 0.6) is 0 Å². The van der Waals surface area contributed by atoms with Crippen molar-refractivity contribution < 1.29 is 18.8 Å². The lowest BCUT2D eigenvalue weighted by Crippen LogP contribution is -2.43. The summed E-state index contributed by atoms with van der Waals surface area (Å²) in [6.45, 7) is 1.19. The average Bonchev–Trinajstić information content (AvgIpc) is 3.12. The van der Waals surface area contributed by atoms with Crippen molar-refractivity contribution in [2.45, 2.75) is 25.3 Å². The minimum absolute atomic E-state index is 0.274. The molecule has 1 atom stereocenters. The first-order valence-corrected chi connectivity index (χ1v) is 8.69. The van der Waals surface area contributed by atoms with Crippen LogP contribution in [0.4, 0.5) is 14.9 Å². The number of hydrogen-bond acceptors (Lipinski definition) is 3. The normalized spacial score (nSPS) is 20.7. The number of carbonyl (C=O) groups excluding carboxylic acids is 3. The molecule has 1 aliphatic heterocycles. The molecular formula is C20H18FN3O3. The number of aryl methyl sites for hydroxylation is 2. The Hall–Kier alpha value is -3.22. The summed E-state index contributed by atoms with van der Waals surface area (Å²) in [6, 6.07) is 11.2. The highest BCUT2D eigenvalue weighted by molar-refractivity contribution is 6.10. The van der Waals surface area contributed by atoms with Crippen molar-refractivity contribution in [1.82, 2.24) is 10.2 Å². The van der Waals surface area contributed by atoms with Crippen LogP contribution in [-0.4, -0.2) is 29.3 Å². The highest BCUT2D eigenvalue weighted by Gasteiger charge is 2.55. The molecule has 0 unspecified atom stereocenters. The van der Waals surface area contributed by atoms with Crippen LogP contribution < -0.4 is 10.6 Å². The van der Waals surface area contributed by atoms with Crippen molar-refractivity contribution in [2.75, 3.05) is 11.9 Å². The molecule has 0 saturated carbocycles. The second-order valence-electron chi connectivity index (χ2n) is 6.90. The Morgan fingerprint density at radius 3 is 2.81 bits per heavy atom. The van der Waals surface area contributed by atoms with E-state index in [9.17, 15) is 18.8 Å². The number of carbonyl (C=O) groups is 3. The molecule has 6 nitrogen and oxygen atoms in total. The third-order valence-corrected chi connectivity index (χ3v) is 5.18. The quantitative estimate of drug-likeness (QED) is 0.818. The summed E-state index contributed by atoms with van der Waals surface area (Å²) in [5.74, 6) is -1.43. The number of nitrogens with one attached hydrogen (secondary N) is 2. The molecule has 1 heterocycles. The van der Waals surface area contributed by atoms with Gasteiger partial charge in [0.1, 0.15) is 17.9 Å². The number of urea groups is 1. The number of anilines is 1. The molecule has 4 amide bonds. The molecule has 0 aromatic heterocycles. The van der Waals surface area contributed by atoms with E-state index in [-0.39, 0.29) is 5.69 Å². The van der Waals surface area contributed by atoms with E-state index in [1.807, 2.05) is 24.3 Å². The Kier molecular flexibility index (Phi) is 3.95. The highest BCUT2D eigenvalue weighted by Crippen LogP contribution is 2.41. The van der Waals surface area contributed by atoms with Crippen LogP contribution in [0.15, 0.2) is 42.5 Å². The van der Waals surface area contributed by atoms with E-state index < -0.39 is 35.7 Å². The van der Waals surface area contributed by atoms with Crippen LogP contribution in [-0.2, 0) is 21.5 Å². The number of imide groups is 1. The molecule has 4 rings (SSSR count). The molecule has 1 fully saturated rings. The van der Waals surface area contributed by atoms with Gasteiger partial charge in [-0.3, -0.25) is 14.5 Å². The number of hydrogen-bond donors (Lipinski definition) is 2. The Labute approximate surface area is 155 Å². The van der Waals surface area contributed by atoms with Crippen LogP contribution >= 0.6 is 0 Å². The maximum Gasteiger partial charge on any atom is 0.325 e. The highest BCUT2D eigenvalue weighted by atomic mass is 19.1. The third-order valence-electron chi connectivity index (χ3n) is 5.18. The molecule has 1 spiro atoms. The number of halogens is 1. The smallest absolute Gasteiger partial charge is 0.324 e. The predicted octanol–water partition coefficient (Wildman–Crippen LogP) is 2.47. The summed E-state index contributed by atoms with van der Waals surface area (Å²) >= 11 is 0. The van der Waals surface area contributed by atoms with Gasteiger partial charge in [-0.15, -0.1) is 0 Å². The van der Waals surface area contributed by atoms with E-state index in [1.165, 1.54) is 6.07 Å². The summed E-state index contributed by atoms with van der Waals surface area (Å²) in [4.78, 5) is 38.6. The van der Waals surface area contributed by atoms with Crippen LogP contribution in [0.1, 0.15) is 23.1 Å². The van der Waals surface area contributed by atoms with E-state index in [0.29, 0.717) is 18.4 Å². The summed E-state index contributed by atoms with van der Waals surface area (Å²) in [7, 11) is 0. The van der Waals surface area contributed by atoms with Gasteiger partial charge in [0.2, 0.25) is 5.91 Å². The summed E-state index contributed by atoms with van der Waals surface area (Å²) in [5, 5.41) is 5.29. The number of amides is 4. The van der Waals surface area contributed by atoms with E-state index in [1.54, 1.807) is 19.1 Å². The van der Waals surface area contributed by atoms with Crippen LogP contribution in [0.25, 0.3) is 0 Å². The molecule has 2 aromatic rings. The molecule has 0 bridgehead atoms. The SMILES string of the molecule is Cc1ccc(NC(=O)CN2C(=O)N[C@@]3(CCc4ccccc43)C2=O)cc1F. The van der Waals surface area contributed by atoms with Gasteiger partial charge in [0.25, 0.3) is 5.91 Å². The Morgan fingerprint density at radius 1 is 1.26 bits per heavy atom. The minimum atomic E-state index is -1.09. The molecule has 2 aromatic carbocycles. The van der Waals surface area contributed by atoms with Gasteiger partial charge < -0.3 is 10.6 Å². The lowest BCUT2D eigenvalue weighted by molar-refractivity contribution is -0.134. The number of benzene rings is 2. The fraction of sp³-hybridized carbons (Fsp3) is 0.250. The standard InChI is InChI=1S/C20H18FN3O3/c1-12-6-7-14(10-16(12)21)22-17(25)11-24-18(26)20(23-19(24)27)9-8-13-4-2-3-5-15(13)20/h2-7,10H,8-9,11H2,1H3,(H,22,25)(H,23,27)/t20-/m1/s1. The topological polar surface area (TPSA) is 78.5 Å². The van der Waals surface area contributed by atoms with E-state index in [4.69, 9.17) is 0 Å². The number of fused-ring (bicyclic) bond motifs is 2. The Bertz CT molecular complexity index is 975. The Morgan fingerprint density at radius 2 is 2.04 bits per heavy atom.